The molecule has 20 heavy (non-hydrogen) atoms. The van der Waals surface area contributed by atoms with E-state index in [-0.39, 0.29) is 12.1 Å². The van der Waals surface area contributed by atoms with E-state index in [1.54, 1.807) is 4.90 Å². The van der Waals surface area contributed by atoms with Gasteiger partial charge in [-0.25, -0.2) is 4.79 Å². The number of carboxylic acids is 1. The van der Waals surface area contributed by atoms with Gasteiger partial charge in [0, 0.05) is 25.7 Å². The molecule has 114 valence electrons. The summed E-state index contributed by atoms with van der Waals surface area (Å²) in [5, 5.41) is 11.9. The topological polar surface area (TPSA) is 72.9 Å². The van der Waals surface area contributed by atoms with Gasteiger partial charge in [-0.05, 0) is 39.3 Å². The van der Waals surface area contributed by atoms with E-state index in [4.69, 9.17) is 5.11 Å². The van der Waals surface area contributed by atoms with Gasteiger partial charge in [0.1, 0.15) is 0 Å². The Morgan fingerprint density at radius 1 is 1.25 bits per heavy atom. The Morgan fingerprint density at radius 2 is 1.95 bits per heavy atom. The van der Waals surface area contributed by atoms with Crippen LogP contribution in [0, 0.1) is 5.92 Å². The molecule has 0 radical (unpaired) electrons. The smallest absolute Gasteiger partial charge is 0.317 e. The van der Waals surface area contributed by atoms with Crippen LogP contribution in [0.2, 0.25) is 0 Å². The fraction of sp³-hybridized carbons (Fsp3) is 0.857. The summed E-state index contributed by atoms with van der Waals surface area (Å²) >= 11 is 0. The van der Waals surface area contributed by atoms with Crippen LogP contribution in [0.3, 0.4) is 0 Å². The highest BCUT2D eigenvalue weighted by atomic mass is 16.4. The number of carbonyl (C=O) groups excluding carboxylic acids is 1. The van der Waals surface area contributed by atoms with Gasteiger partial charge < -0.3 is 20.2 Å². The summed E-state index contributed by atoms with van der Waals surface area (Å²) in [5.74, 6) is -1.21. The number of rotatable bonds is 4. The quantitative estimate of drug-likeness (QED) is 0.806. The molecule has 2 aliphatic heterocycles. The highest BCUT2D eigenvalue weighted by Gasteiger charge is 2.31. The summed E-state index contributed by atoms with van der Waals surface area (Å²) in [6, 6.07) is -0.0252. The van der Waals surface area contributed by atoms with E-state index < -0.39 is 11.9 Å². The SMILES string of the molecule is CC(CN1CCCCC1)NC(=O)N1CCC(C(=O)O)C1. The first-order valence-corrected chi connectivity index (χ1v) is 7.57. The van der Waals surface area contributed by atoms with Crippen LogP contribution in [0.5, 0.6) is 0 Å². The average molecular weight is 283 g/mol. The standard InChI is InChI=1S/C14H25N3O3/c1-11(9-16-6-3-2-4-7-16)15-14(20)17-8-5-12(10-17)13(18)19/h11-12H,2-10H2,1H3,(H,15,20)(H,18,19). The van der Waals surface area contributed by atoms with Crippen LogP contribution in [0.1, 0.15) is 32.6 Å². The molecular weight excluding hydrogens is 258 g/mol. The van der Waals surface area contributed by atoms with Gasteiger partial charge in [-0.2, -0.15) is 0 Å². The zero-order chi connectivity index (χ0) is 14.5. The first-order valence-electron chi connectivity index (χ1n) is 7.57. The van der Waals surface area contributed by atoms with Crippen LogP contribution in [0.25, 0.3) is 0 Å². The molecule has 0 spiro atoms. The van der Waals surface area contributed by atoms with Gasteiger partial charge >= 0.3 is 12.0 Å². The van der Waals surface area contributed by atoms with Crippen LogP contribution in [0.4, 0.5) is 4.79 Å². The second-order valence-corrected chi connectivity index (χ2v) is 5.98. The molecule has 2 rings (SSSR count). The summed E-state index contributed by atoms with van der Waals surface area (Å²) in [6.45, 7) is 5.99. The average Bonchev–Trinajstić information content (AvgIpc) is 2.89. The number of carboxylic acid groups (broad SMARTS) is 1. The largest absolute Gasteiger partial charge is 0.481 e. The molecule has 2 aliphatic rings. The molecule has 0 aromatic heterocycles. The van der Waals surface area contributed by atoms with Gasteiger partial charge in [0.05, 0.1) is 5.92 Å². The van der Waals surface area contributed by atoms with Crippen molar-refractivity contribution in [1.82, 2.24) is 15.1 Å². The van der Waals surface area contributed by atoms with E-state index in [2.05, 4.69) is 10.2 Å². The van der Waals surface area contributed by atoms with Crippen LogP contribution >= 0.6 is 0 Å². The number of nitrogens with zero attached hydrogens (tertiary/aromatic N) is 2. The monoisotopic (exact) mass is 283 g/mol. The lowest BCUT2D eigenvalue weighted by Gasteiger charge is -2.30. The molecule has 2 N–H and O–H groups in total. The van der Waals surface area contributed by atoms with E-state index in [1.807, 2.05) is 6.92 Å². The molecule has 2 heterocycles. The summed E-state index contributed by atoms with van der Waals surface area (Å²) in [7, 11) is 0. The number of amides is 2. The minimum absolute atomic E-state index is 0.101. The van der Waals surface area contributed by atoms with E-state index >= 15 is 0 Å². The molecule has 0 saturated carbocycles. The molecule has 0 aliphatic carbocycles. The highest BCUT2D eigenvalue weighted by molar-refractivity contribution is 5.77. The third kappa shape index (κ3) is 4.10. The van der Waals surface area contributed by atoms with Crippen LogP contribution < -0.4 is 5.32 Å². The summed E-state index contributed by atoms with van der Waals surface area (Å²) in [4.78, 5) is 27.0. The normalized spacial score (nSPS) is 25.4. The van der Waals surface area contributed by atoms with Crippen molar-refractivity contribution < 1.29 is 14.7 Å². The minimum atomic E-state index is -0.804. The fourth-order valence-corrected chi connectivity index (χ4v) is 3.02. The van der Waals surface area contributed by atoms with Gasteiger partial charge in [0.25, 0.3) is 0 Å². The first kappa shape index (κ1) is 15.1. The van der Waals surface area contributed by atoms with Crippen molar-refractivity contribution in [3.8, 4) is 0 Å². The Morgan fingerprint density at radius 3 is 2.55 bits per heavy atom. The van der Waals surface area contributed by atoms with E-state index in [0.717, 1.165) is 19.6 Å². The number of nitrogens with one attached hydrogen (secondary N) is 1. The zero-order valence-corrected chi connectivity index (χ0v) is 12.2. The number of hydrogen-bond donors (Lipinski definition) is 2. The summed E-state index contributed by atoms with van der Waals surface area (Å²) < 4.78 is 0. The summed E-state index contributed by atoms with van der Waals surface area (Å²) in [5.41, 5.74) is 0. The van der Waals surface area contributed by atoms with Gasteiger partial charge in [0.2, 0.25) is 0 Å². The van der Waals surface area contributed by atoms with Crippen molar-refractivity contribution in [3.05, 3.63) is 0 Å². The number of aliphatic carboxylic acids is 1. The molecule has 2 saturated heterocycles. The first-order chi connectivity index (χ1) is 9.56. The Balaban J connectivity index is 1.72. The maximum Gasteiger partial charge on any atom is 0.317 e. The Hall–Kier alpha value is -1.30. The molecule has 6 heteroatoms. The number of urea groups is 1. The van der Waals surface area contributed by atoms with Crippen molar-refractivity contribution in [3.63, 3.8) is 0 Å². The van der Waals surface area contributed by atoms with Crippen molar-refractivity contribution in [2.24, 2.45) is 5.92 Å². The Bertz CT molecular complexity index is 356. The van der Waals surface area contributed by atoms with Gasteiger partial charge in [-0.15, -0.1) is 0 Å². The van der Waals surface area contributed by atoms with Crippen LogP contribution in [-0.4, -0.2) is 65.7 Å². The Labute approximate surface area is 120 Å². The van der Waals surface area contributed by atoms with E-state index in [0.29, 0.717) is 19.5 Å². The van der Waals surface area contributed by atoms with Gasteiger partial charge in [-0.3, -0.25) is 4.79 Å². The minimum Gasteiger partial charge on any atom is -0.481 e. The molecule has 6 nitrogen and oxygen atoms in total. The van der Waals surface area contributed by atoms with Crippen LogP contribution in [0.15, 0.2) is 0 Å². The molecule has 0 aromatic carbocycles. The number of hydrogen-bond acceptors (Lipinski definition) is 3. The van der Waals surface area contributed by atoms with Crippen molar-refractivity contribution >= 4 is 12.0 Å². The third-order valence-corrected chi connectivity index (χ3v) is 4.18. The van der Waals surface area contributed by atoms with Gasteiger partial charge in [-0.1, -0.05) is 6.42 Å². The zero-order valence-electron chi connectivity index (χ0n) is 12.2. The second-order valence-electron chi connectivity index (χ2n) is 5.98. The molecule has 2 unspecified atom stereocenters. The lowest BCUT2D eigenvalue weighted by molar-refractivity contribution is -0.141. The van der Waals surface area contributed by atoms with E-state index in [9.17, 15) is 9.59 Å². The third-order valence-electron chi connectivity index (χ3n) is 4.18. The lowest BCUT2D eigenvalue weighted by Crippen LogP contribution is -2.48. The number of likely N-dealkylation sites (tertiary alicyclic amines) is 2. The van der Waals surface area contributed by atoms with Crippen LogP contribution in [-0.2, 0) is 4.79 Å². The van der Waals surface area contributed by atoms with Crippen molar-refractivity contribution in [2.45, 2.75) is 38.6 Å². The molecule has 2 atom stereocenters. The number of piperidine rings is 1. The second kappa shape index (κ2) is 6.92. The maximum absolute atomic E-state index is 12.1. The molecule has 2 fully saturated rings. The van der Waals surface area contributed by atoms with Gasteiger partial charge in [0.15, 0.2) is 0 Å². The highest BCUT2D eigenvalue weighted by Crippen LogP contribution is 2.16. The predicted octanol–water partition coefficient (Wildman–Crippen LogP) is 0.977. The molecule has 0 bridgehead atoms. The van der Waals surface area contributed by atoms with Crippen molar-refractivity contribution in [1.29, 1.82) is 0 Å². The predicted molar refractivity (Wildman–Crippen MR) is 75.6 cm³/mol. The fourth-order valence-electron chi connectivity index (χ4n) is 3.02. The summed E-state index contributed by atoms with van der Waals surface area (Å²) in [6.07, 6.45) is 4.35. The van der Waals surface area contributed by atoms with E-state index in [1.165, 1.54) is 19.3 Å². The maximum atomic E-state index is 12.1. The Kier molecular flexibility index (Phi) is 5.23. The molecular formula is C14H25N3O3. The molecule has 0 aromatic rings. The molecule has 2 amide bonds. The van der Waals surface area contributed by atoms with Crippen molar-refractivity contribution in [2.75, 3.05) is 32.7 Å². The number of carbonyl (C=O) groups is 2. The lowest BCUT2D eigenvalue weighted by atomic mass is 10.1.